The number of benzene rings is 2. The van der Waals surface area contributed by atoms with E-state index in [1.54, 1.807) is 13.8 Å². The first-order valence-corrected chi connectivity index (χ1v) is 11.5. The van der Waals surface area contributed by atoms with Crippen LogP contribution < -0.4 is 15.0 Å². The smallest absolute Gasteiger partial charge is 0.406 e. The van der Waals surface area contributed by atoms with Crippen molar-refractivity contribution in [2.75, 3.05) is 4.90 Å². The first-order chi connectivity index (χ1) is 18.0. The van der Waals surface area contributed by atoms with E-state index in [2.05, 4.69) is 15.0 Å². The van der Waals surface area contributed by atoms with Gasteiger partial charge in [-0.05, 0) is 73.9 Å². The lowest BCUT2D eigenvalue weighted by Gasteiger charge is -2.30. The summed E-state index contributed by atoms with van der Waals surface area (Å²) in [6.07, 6.45) is -8.48. The molecule has 2 unspecified atom stereocenters. The van der Waals surface area contributed by atoms with Gasteiger partial charge in [-0.3, -0.25) is 15.1 Å². The molecule has 39 heavy (non-hydrogen) atoms. The fourth-order valence-electron chi connectivity index (χ4n) is 4.44. The van der Waals surface area contributed by atoms with E-state index in [0.717, 1.165) is 36.5 Å². The average Bonchev–Trinajstić information content (AvgIpc) is 3.15. The maximum absolute atomic E-state index is 14.1. The summed E-state index contributed by atoms with van der Waals surface area (Å²) < 4.78 is 108. The van der Waals surface area contributed by atoms with E-state index in [4.69, 9.17) is 0 Å². The summed E-state index contributed by atoms with van der Waals surface area (Å²) in [5.74, 6) is -3.31. The third-order valence-corrected chi connectivity index (χ3v) is 6.29. The van der Waals surface area contributed by atoms with Gasteiger partial charge in [0.15, 0.2) is 11.6 Å². The van der Waals surface area contributed by atoms with Crippen molar-refractivity contribution in [3.63, 3.8) is 0 Å². The number of hydrogen-bond acceptors (Lipinski definition) is 4. The molecule has 2 heterocycles. The fourth-order valence-corrected chi connectivity index (χ4v) is 4.44. The number of aromatic nitrogens is 1. The van der Waals surface area contributed by atoms with E-state index < -0.39 is 59.1 Å². The minimum absolute atomic E-state index is 0.0300. The highest BCUT2D eigenvalue weighted by atomic mass is 19.4. The molecule has 0 spiro atoms. The summed E-state index contributed by atoms with van der Waals surface area (Å²) in [5, 5.41) is 3.09. The SMILES string of the molecule is CC(C)(NC1CC(c2ccc(F)c(F)c2)N(c2ccc(OC(F)(F)F)cc2)C1=O)c1ccc(C(F)(F)F)nc1. The molecule has 1 aliphatic heterocycles. The number of ether oxygens (including phenoxy) is 1. The molecule has 2 aromatic carbocycles. The Morgan fingerprint density at radius 3 is 2.13 bits per heavy atom. The Bertz CT molecular complexity index is 1340. The summed E-state index contributed by atoms with van der Waals surface area (Å²) in [7, 11) is 0. The molecule has 1 N–H and O–H groups in total. The van der Waals surface area contributed by atoms with Gasteiger partial charge in [0.25, 0.3) is 0 Å². The number of anilines is 1. The molecule has 0 radical (unpaired) electrons. The number of carbonyl (C=O) groups is 1. The van der Waals surface area contributed by atoms with Gasteiger partial charge in [0.1, 0.15) is 11.4 Å². The molecule has 5 nitrogen and oxygen atoms in total. The van der Waals surface area contributed by atoms with Crippen LogP contribution >= 0.6 is 0 Å². The van der Waals surface area contributed by atoms with Crippen LogP contribution in [0, 0.1) is 11.6 Å². The molecule has 1 aromatic heterocycles. The Kier molecular flexibility index (Phi) is 7.32. The first-order valence-electron chi connectivity index (χ1n) is 11.5. The third kappa shape index (κ3) is 6.29. The molecule has 208 valence electrons. The van der Waals surface area contributed by atoms with Crippen molar-refractivity contribution in [3.05, 3.63) is 89.2 Å². The number of alkyl halides is 6. The van der Waals surface area contributed by atoms with E-state index in [-0.39, 0.29) is 17.7 Å². The van der Waals surface area contributed by atoms with Crippen LogP contribution in [-0.2, 0) is 16.5 Å². The fraction of sp³-hybridized carbons (Fsp3) is 0.308. The molecule has 0 saturated carbocycles. The molecule has 0 aliphatic carbocycles. The molecule has 1 saturated heterocycles. The molecule has 13 heteroatoms. The van der Waals surface area contributed by atoms with E-state index in [1.165, 1.54) is 29.2 Å². The van der Waals surface area contributed by atoms with Crippen LogP contribution in [0.25, 0.3) is 0 Å². The van der Waals surface area contributed by atoms with Crippen molar-refractivity contribution in [2.45, 2.75) is 50.4 Å². The van der Waals surface area contributed by atoms with E-state index >= 15 is 0 Å². The Balaban J connectivity index is 1.65. The van der Waals surface area contributed by atoms with E-state index in [9.17, 15) is 39.9 Å². The van der Waals surface area contributed by atoms with Crippen LogP contribution in [0.5, 0.6) is 5.75 Å². The van der Waals surface area contributed by atoms with Crippen molar-refractivity contribution in [2.24, 2.45) is 0 Å². The molecular formula is C26H21F8N3O2. The lowest BCUT2D eigenvalue weighted by atomic mass is 9.93. The Labute approximate surface area is 217 Å². The Hall–Kier alpha value is -3.74. The number of carbonyl (C=O) groups excluding carboxylic acids is 1. The van der Waals surface area contributed by atoms with Crippen molar-refractivity contribution >= 4 is 11.6 Å². The summed E-state index contributed by atoms with van der Waals surface area (Å²) >= 11 is 0. The molecule has 0 bridgehead atoms. The monoisotopic (exact) mass is 559 g/mol. The maximum atomic E-state index is 14.1. The van der Waals surface area contributed by atoms with Gasteiger partial charge >= 0.3 is 12.5 Å². The second-order valence-electron chi connectivity index (χ2n) is 9.43. The Morgan fingerprint density at radius 1 is 0.923 bits per heavy atom. The van der Waals surface area contributed by atoms with Crippen LogP contribution in [-0.4, -0.2) is 23.3 Å². The summed E-state index contributed by atoms with van der Waals surface area (Å²) in [5.41, 5.74) is -1.39. The lowest BCUT2D eigenvalue weighted by molar-refractivity contribution is -0.274. The molecule has 1 amide bonds. The molecule has 1 aliphatic rings. The standard InChI is InChI=1S/C26H21F8N3O2/c1-24(2,15-4-10-22(35-13-15)25(29,30)31)36-20-12-21(14-3-9-18(27)19(28)11-14)37(23(20)38)16-5-7-17(8-6-16)39-26(32,33)34/h3-11,13,20-21,36H,12H2,1-2H3. The van der Waals surface area contributed by atoms with E-state index in [1.807, 2.05) is 0 Å². The van der Waals surface area contributed by atoms with Crippen LogP contribution in [0.3, 0.4) is 0 Å². The molecule has 2 atom stereocenters. The van der Waals surface area contributed by atoms with Gasteiger partial charge in [-0.15, -0.1) is 13.2 Å². The van der Waals surface area contributed by atoms with Crippen molar-refractivity contribution < 1.29 is 44.7 Å². The highest BCUT2D eigenvalue weighted by Crippen LogP contribution is 2.40. The second-order valence-corrected chi connectivity index (χ2v) is 9.43. The molecule has 4 rings (SSSR count). The van der Waals surface area contributed by atoms with Gasteiger partial charge in [-0.2, -0.15) is 13.2 Å². The van der Waals surface area contributed by atoms with Crippen molar-refractivity contribution in [1.29, 1.82) is 0 Å². The second kappa shape index (κ2) is 10.1. The van der Waals surface area contributed by atoms with Gasteiger partial charge in [-0.1, -0.05) is 12.1 Å². The predicted octanol–water partition coefficient (Wildman–Crippen LogP) is 6.65. The minimum atomic E-state index is -4.92. The number of halogens is 8. The third-order valence-electron chi connectivity index (χ3n) is 6.29. The van der Waals surface area contributed by atoms with Crippen molar-refractivity contribution in [3.8, 4) is 5.75 Å². The number of rotatable bonds is 6. The van der Waals surface area contributed by atoms with Gasteiger partial charge < -0.3 is 9.64 Å². The van der Waals surface area contributed by atoms with Crippen LogP contribution in [0.2, 0.25) is 0 Å². The lowest BCUT2D eigenvalue weighted by Crippen LogP contribution is -2.47. The summed E-state index contributed by atoms with van der Waals surface area (Å²) in [4.78, 5) is 18.3. The van der Waals surface area contributed by atoms with Crippen LogP contribution in [0.15, 0.2) is 60.8 Å². The normalized spacial score (nSPS) is 18.5. The molecule has 1 fully saturated rings. The zero-order valence-corrected chi connectivity index (χ0v) is 20.4. The number of nitrogens with one attached hydrogen (secondary N) is 1. The van der Waals surface area contributed by atoms with Gasteiger partial charge in [0.2, 0.25) is 5.91 Å². The highest BCUT2D eigenvalue weighted by molar-refractivity contribution is 6.00. The van der Waals surface area contributed by atoms with Crippen LogP contribution in [0.4, 0.5) is 40.8 Å². The number of hydrogen-bond donors (Lipinski definition) is 1. The topological polar surface area (TPSA) is 54.5 Å². The van der Waals surface area contributed by atoms with Crippen molar-refractivity contribution in [1.82, 2.24) is 10.3 Å². The highest BCUT2D eigenvalue weighted by Gasteiger charge is 2.44. The first kappa shape index (κ1) is 28.3. The zero-order valence-electron chi connectivity index (χ0n) is 20.4. The summed E-state index contributed by atoms with van der Waals surface area (Å²) in [6.45, 7) is 3.26. The van der Waals surface area contributed by atoms with Gasteiger partial charge in [0, 0.05) is 17.4 Å². The van der Waals surface area contributed by atoms with Gasteiger partial charge in [0.05, 0.1) is 12.1 Å². The van der Waals surface area contributed by atoms with Gasteiger partial charge in [-0.25, -0.2) is 8.78 Å². The molecule has 3 aromatic rings. The maximum Gasteiger partial charge on any atom is 0.573 e. The van der Waals surface area contributed by atoms with E-state index in [0.29, 0.717) is 5.56 Å². The minimum Gasteiger partial charge on any atom is -0.406 e. The molecular weight excluding hydrogens is 538 g/mol. The number of pyridine rings is 1. The number of nitrogens with zero attached hydrogens (tertiary/aromatic N) is 2. The van der Waals surface area contributed by atoms with Crippen LogP contribution in [0.1, 0.15) is 43.1 Å². The Morgan fingerprint density at radius 2 is 1.59 bits per heavy atom. The number of amides is 1. The predicted molar refractivity (Wildman–Crippen MR) is 124 cm³/mol. The average molecular weight is 559 g/mol. The summed E-state index contributed by atoms with van der Waals surface area (Å²) in [6, 6.07) is 7.82. The largest absolute Gasteiger partial charge is 0.573 e. The quantitative estimate of drug-likeness (QED) is 0.344. The zero-order chi connectivity index (χ0) is 28.8.